The van der Waals surface area contributed by atoms with Crippen LogP contribution in [0.3, 0.4) is 0 Å². The minimum Gasteiger partial charge on any atom is -0.497 e. The zero-order chi connectivity index (χ0) is 24.5. The van der Waals surface area contributed by atoms with Crippen LogP contribution in [0.5, 0.6) is 5.75 Å². The minimum atomic E-state index is 0.0571. The molecule has 2 aromatic rings. The number of methoxy groups -OCH3 is 1. The molecule has 2 aliphatic rings. The van der Waals surface area contributed by atoms with E-state index >= 15 is 0 Å². The van der Waals surface area contributed by atoms with Crippen LogP contribution in [0.1, 0.15) is 74.2 Å². The number of ether oxygens (including phenoxy) is 2. The number of fused-ring (bicyclic) bond motifs is 1. The van der Waals surface area contributed by atoms with Crippen LogP contribution in [0.2, 0.25) is 0 Å². The van der Waals surface area contributed by atoms with Crippen LogP contribution in [-0.4, -0.2) is 50.1 Å². The van der Waals surface area contributed by atoms with E-state index in [2.05, 4.69) is 36.1 Å². The Morgan fingerprint density at radius 2 is 1.91 bits per heavy atom. The van der Waals surface area contributed by atoms with Crippen molar-refractivity contribution in [3.63, 3.8) is 0 Å². The molecule has 1 saturated heterocycles. The molecule has 0 saturated carbocycles. The molecule has 0 radical (unpaired) electrons. The Balaban J connectivity index is 1.46. The van der Waals surface area contributed by atoms with E-state index in [1.54, 1.807) is 7.11 Å². The van der Waals surface area contributed by atoms with Gasteiger partial charge in [0, 0.05) is 17.7 Å². The van der Waals surface area contributed by atoms with Gasteiger partial charge in [0.25, 0.3) is 0 Å². The van der Waals surface area contributed by atoms with Gasteiger partial charge in [0.2, 0.25) is 0 Å². The Morgan fingerprint density at radius 1 is 1.06 bits per heavy atom. The van der Waals surface area contributed by atoms with E-state index in [1.165, 1.54) is 51.6 Å². The SMILES string of the molecule is CCCCCCc1ccc2cc(OC)ccc2c1C(=O)C1=CCC(OCCN2CCCCC2)C=C1. The summed E-state index contributed by atoms with van der Waals surface area (Å²) in [6.07, 6.45) is 16.6. The molecule has 2 aromatic carbocycles. The summed E-state index contributed by atoms with van der Waals surface area (Å²) in [6.45, 7) is 6.37. The van der Waals surface area contributed by atoms with Gasteiger partial charge < -0.3 is 14.4 Å². The zero-order valence-corrected chi connectivity index (χ0v) is 21.6. The standard InChI is InChI=1S/C31H41NO3/c1-3-4-5-7-10-24-11-12-26-23-28(34-2)17-18-29(26)30(24)31(33)25-13-15-27(16-14-25)35-22-21-32-19-8-6-9-20-32/h11-15,17-18,23,27H,3-10,16,19-22H2,1-2H3. The Hall–Kier alpha value is -2.43. The minimum absolute atomic E-state index is 0.0571. The molecule has 0 spiro atoms. The molecule has 0 amide bonds. The number of hydrogen-bond acceptors (Lipinski definition) is 4. The third-order valence-electron chi connectivity index (χ3n) is 7.35. The van der Waals surface area contributed by atoms with Crippen molar-refractivity contribution >= 4 is 16.6 Å². The van der Waals surface area contributed by atoms with Crippen molar-refractivity contribution in [3.05, 3.63) is 65.3 Å². The van der Waals surface area contributed by atoms with Crippen LogP contribution >= 0.6 is 0 Å². The number of unbranched alkanes of at least 4 members (excludes halogenated alkanes) is 3. The van der Waals surface area contributed by atoms with Crippen molar-refractivity contribution in [2.45, 2.75) is 70.8 Å². The number of Topliss-reactive ketones (excluding diaryl/α,β-unsaturated/α-hetero) is 1. The molecule has 0 N–H and O–H groups in total. The van der Waals surface area contributed by atoms with Gasteiger partial charge in [-0.3, -0.25) is 4.79 Å². The lowest BCUT2D eigenvalue weighted by Gasteiger charge is -2.27. The fourth-order valence-electron chi connectivity index (χ4n) is 5.25. The fourth-order valence-corrected chi connectivity index (χ4v) is 5.25. The molecule has 4 rings (SSSR count). The molecular weight excluding hydrogens is 434 g/mol. The number of hydrogen-bond donors (Lipinski definition) is 0. The summed E-state index contributed by atoms with van der Waals surface area (Å²) in [5.74, 6) is 0.933. The highest BCUT2D eigenvalue weighted by Gasteiger charge is 2.21. The molecule has 4 nitrogen and oxygen atoms in total. The largest absolute Gasteiger partial charge is 0.497 e. The first-order valence-corrected chi connectivity index (χ1v) is 13.6. The van der Waals surface area contributed by atoms with Crippen molar-refractivity contribution in [3.8, 4) is 5.75 Å². The number of nitrogens with zero attached hydrogens (tertiary/aromatic N) is 1. The lowest BCUT2D eigenvalue weighted by molar-refractivity contribution is 0.0609. The van der Waals surface area contributed by atoms with Crippen LogP contribution < -0.4 is 4.74 Å². The molecule has 188 valence electrons. The van der Waals surface area contributed by atoms with E-state index < -0.39 is 0 Å². The highest BCUT2D eigenvalue weighted by Crippen LogP contribution is 2.30. The first kappa shape index (κ1) is 25.7. The van der Waals surface area contributed by atoms with Crippen molar-refractivity contribution < 1.29 is 14.3 Å². The molecule has 4 heteroatoms. The van der Waals surface area contributed by atoms with Gasteiger partial charge in [-0.2, -0.15) is 0 Å². The maximum Gasteiger partial charge on any atom is 0.193 e. The van der Waals surface area contributed by atoms with Crippen LogP contribution in [0, 0.1) is 0 Å². The van der Waals surface area contributed by atoms with Crippen molar-refractivity contribution in [1.82, 2.24) is 4.90 Å². The number of ketones is 1. The van der Waals surface area contributed by atoms with Gasteiger partial charge in [-0.15, -0.1) is 0 Å². The van der Waals surface area contributed by atoms with E-state index in [0.717, 1.165) is 65.6 Å². The number of piperidine rings is 1. The number of rotatable bonds is 12. The van der Waals surface area contributed by atoms with Crippen molar-refractivity contribution in [2.24, 2.45) is 0 Å². The van der Waals surface area contributed by atoms with Gasteiger partial charge in [0.15, 0.2) is 5.78 Å². The molecule has 0 aromatic heterocycles. The number of carbonyl (C=O) groups excluding carboxylic acids is 1. The molecular formula is C31H41NO3. The molecule has 1 atom stereocenters. The third kappa shape index (κ3) is 6.83. The average molecular weight is 476 g/mol. The number of allylic oxidation sites excluding steroid dienone is 2. The lowest BCUT2D eigenvalue weighted by Crippen LogP contribution is -2.33. The summed E-state index contributed by atoms with van der Waals surface area (Å²) >= 11 is 0. The summed E-state index contributed by atoms with van der Waals surface area (Å²) in [5.41, 5.74) is 2.78. The highest BCUT2D eigenvalue weighted by atomic mass is 16.5. The summed E-state index contributed by atoms with van der Waals surface area (Å²) in [6, 6.07) is 10.3. The summed E-state index contributed by atoms with van der Waals surface area (Å²) in [4.78, 5) is 16.3. The third-order valence-corrected chi connectivity index (χ3v) is 7.35. The second-order valence-electron chi connectivity index (χ2n) is 9.89. The van der Waals surface area contributed by atoms with Gasteiger partial charge >= 0.3 is 0 Å². The van der Waals surface area contributed by atoms with Crippen LogP contribution in [0.4, 0.5) is 0 Å². The van der Waals surface area contributed by atoms with E-state index in [-0.39, 0.29) is 11.9 Å². The van der Waals surface area contributed by atoms with Gasteiger partial charge in [-0.25, -0.2) is 0 Å². The maximum atomic E-state index is 13.8. The second-order valence-corrected chi connectivity index (χ2v) is 9.89. The maximum absolute atomic E-state index is 13.8. The van der Waals surface area contributed by atoms with Crippen molar-refractivity contribution in [1.29, 1.82) is 0 Å². The number of benzene rings is 2. The van der Waals surface area contributed by atoms with E-state index in [4.69, 9.17) is 9.47 Å². The highest BCUT2D eigenvalue weighted by molar-refractivity contribution is 6.18. The fraction of sp³-hybridized carbons (Fsp3) is 0.516. The van der Waals surface area contributed by atoms with Crippen LogP contribution in [0.15, 0.2) is 54.1 Å². The average Bonchev–Trinajstić information content (AvgIpc) is 2.91. The smallest absolute Gasteiger partial charge is 0.193 e. The predicted octanol–water partition coefficient (Wildman–Crippen LogP) is 6.91. The Labute approximate surface area is 211 Å². The topological polar surface area (TPSA) is 38.8 Å². The van der Waals surface area contributed by atoms with Gasteiger partial charge in [0.1, 0.15) is 5.75 Å². The molecule has 1 fully saturated rings. The Morgan fingerprint density at radius 3 is 2.66 bits per heavy atom. The first-order valence-electron chi connectivity index (χ1n) is 13.6. The quantitative estimate of drug-likeness (QED) is 0.247. The molecule has 0 bridgehead atoms. The van der Waals surface area contributed by atoms with Crippen LogP contribution in [0.25, 0.3) is 10.8 Å². The molecule has 1 aliphatic heterocycles. The zero-order valence-electron chi connectivity index (χ0n) is 21.6. The number of carbonyl (C=O) groups is 1. The molecule has 1 unspecified atom stereocenters. The molecule has 1 heterocycles. The van der Waals surface area contributed by atoms with E-state index in [1.807, 2.05) is 24.3 Å². The van der Waals surface area contributed by atoms with Gasteiger partial charge in [-0.1, -0.05) is 63.0 Å². The molecule has 35 heavy (non-hydrogen) atoms. The lowest BCUT2D eigenvalue weighted by atomic mass is 9.88. The van der Waals surface area contributed by atoms with E-state index in [0.29, 0.717) is 0 Å². The van der Waals surface area contributed by atoms with Crippen molar-refractivity contribution in [2.75, 3.05) is 33.4 Å². The van der Waals surface area contributed by atoms with Gasteiger partial charge in [-0.05, 0) is 79.7 Å². The number of aryl methyl sites for hydroxylation is 1. The monoisotopic (exact) mass is 475 g/mol. The Kier molecular flexibility index (Phi) is 9.56. The summed E-state index contributed by atoms with van der Waals surface area (Å²) < 4.78 is 11.5. The van der Waals surface area contributed by atoms with Gasteiger partial charge in [0.05, 0.1) is 19.8 Å². The normalized spacial score (nSPS) is 18.6. The summed E-state index contributed by atoms with van der Waals surface area (Å²) in [7, 11) is 1.68. The first-order chi connectivity index (χ1) is 17.2. The summed E-state index contributed by atoms with van der Waals surface area (Å²) in [5, 5.41) is 2.06. The van der Waals surface area contributed by atoms with E-state index in [9.17, 15) is 4.79 Å². The number of likely N-dealkylation sites (tertiary alicyclic amines) is 1. The second kappa shape index (κ2) is 13.0. The predicted molar refractivity (Wildman–Crippen MR) is 145 cm³/mol. The van der Waals surface area contributed by atoms with Crippen LogP contribution in [-0.2, 0) is 11.2 Å². The molecule has 1 aliphatic carbocycles. The Bertz CT molecular complexity index is 1050.